The number of hydrogen-bond donors (Lipinski definition) is 0. The van der Waals surface area contributed by atoms with E-state index in [9.17, 15) is 0 Å². The van der Waals surface area contributed by atoms with Crippen LogP contribution in [0.4, 0.5) is 0 Å². The molecule has 75 heavy (non-hydrogen) atoms. The van der Waals surface area contributed by atoms with Gasteiger partial charge in [-0.05, 0) is 141 Å². The fourth-order valence-corrected chi connectivity index (χ4v) is 10.2. The van der Waals surface area contributed by atoms with Gasteiger partial charge >= 0.3 is 0 Å². The Bertz CT molecular complexity index is 4100. The number of rotatable bonds is 9. The number of hydrogen-bond acceptors (Lipinski definition) is 8. The summed E-state index contributed by atoms with van der Waals surface area (Å²) in [6, 6.07) is 69.2. The molecule has 0 spiro atoms. The summed E-state index contributed by atoms with van der Waals surface area (Å²) in [6.07, 6.45) is 15.0. The molecule has 0 saturated heterocycles. The summed E-state index contributed by atoms with van der Waals surface area (Å²) in [5, 5.41) is 2.12. The molecule has 8 nitrogen and oxygen atoms in total. The molecule has 14 rings (SSSR count). The van der Waals surface area contributed by atoms with Gasteiger partial charge in [0.05, 0.1) is 0 Å². The van der Waals surface area contributed by atoms with Gasteiger partial charge in [0, 0.05) is 63.4 Å². The van der Waals surface area contributed by atoms with Crippen molar-refractivity contribution in [3.8, 4) is 112 Å². The van der Waals surface area contributed by atoms with Gasteiger partial charge in [0.25, 0.3) is 0 Å². The molecule has 2 atom stereocenters. The first kappa shape index (κ1) is 43.7. The second-order valence-corrected chi connectivity index (χ2v) is 18.7. The average molecular weight is 966 g/mol. The van der Waals surface area contributed by atoms with Gasteiger partial charge in [-0.25, -0.2) is 15.0 Å². The van der Waals surface area contributed by atoms with Gasteiger partial charge in [0.2, 0.25) is 0 Å². The van der Waals surface area contributed by atoms with Crippen molar-refractivity contribution in [3.63, 3.8) is 0 Å². The van der Waals surface area contributed by atoms with Crippen LogP contribution in [0.5, 0.6) is 11.5 Å². The summed E-state index contributed by atoms with van der Waals surface area (Å²) < 4.78 is 20.0. The van der Waals surface area contributed by atoms with Crippen LogP contribution < -0.4 is 9.47 Å². The number of ether oxygens (including phenoxy) is 2. The monoisotopic (exact) mass is 965 g/mol. The summed E-state index contributed by atoms with van der Waals surface area (Å²) in [5.74, 6) is 3.13. The number of para-hydroxylation sites is 1. The van der Waals surface area contributed by atoms with Crippen molar-refractivity contribution in [2.45, 2.75) is 12.2 Å². The van der Waals surface area contributed by atoms with Crippen LogP contribution >= 0.6 is 0 Å². The maximum atomic E-state index is 6.87. The topological polar surface area (TPSA) is 96.1 Å². The normalized spacial score (nSPS) is 14.5. The van der Waals surface area contributed by atoms with E-state index in [4.69, 9.17) is 28.8 Å². The zero-order chi connectivity index (χ0) is 49.7. The van der Waals surface area contributed by atoms with E-state index in [1.54, 1.807) is 0 Å². The molecule has 0 amide bonds. The number of allylic oxidation sites excluding steroid dienone is 2. The Morgan fingerprint density at radius 1 is 0.293 bits per heavy atom. The summed E-state index contributed by atoms with van der Waals surface area (Å²) in [6.45, 7) is 0. The summed E-state index contributed by atoms with van der Waals surface area (Å²) in [7, 11) is 0. The van der Waals surface area contributed by atoms with Crippen LogP contribution in [0, 0.1) is 0 Å². The molecule has 5 heterocycles. The lowest BCUT2D eigenvalue weighted by Gasteiger charge is -2.34. The largest absolute Gasteiger partial charge is 0.478 e. The zero-order valence-corrected chi connectivity index (χ0v) is 40.3. The van der Waals surface area contributed by atoms with E-state index in [-0.39, 0.29) is 12.2 Å². The van der Waals surface area contributed by atoms with Crippen LogP contribution in [0.15, 0.2) is 254 Å². The van der Waals surface area contributed by atoms with Crippen LogP contribution in [0.2, 0.25) is 0 Å². The third kappa shape index (κ3) is 8.30. The third-order valence-electron chi connectivity index (χ3n) is 14.1. The first-order valence-electron chi connectivity index (χ1n) is 25.0. The Kier molecular flexibility index (Phi) is 10.8. The average Bonchev–Trinajstić information content (AvgIpc) is 3.87. The Morgan fingerprint density at radius 2 is 0.693 bits per heavy atom. The Hall–Kier alpha value is -10.1. The van der Waals surface area contributed by atoms with Crippen molar-refractivity contribution < 1.29 is 13.9 Å². The third-order valence-corrected chi connectivity index (χ3v) is 14.1. The number of fused-ring (bicyclic) bond motifs is 5. The standard InChI is InChI=1S/C67H43N5O3/c1-2-8-49(9-3-1)65-70-66(72-67(71-65)51-26-27-58-57-10-4-5-11-59(57)73-62(58)41-51)50-24-22-48(23-25-50)56-29-28-55(63-64(56)75-61-13-7-6-12-60(61)74-63)47-20-18-43(19-21-47)42-14-16-44(17-15-42)52-38-53(45-30-34-68-35-31-45)40-54(39-52)46-32-36-69-37-33-46/h1-41,60-61H. The fraction of sp³-hybridized carbons (Fsp3) is 0.0299. The maximum Gasteiger partial charge on any atom is 0.170 e. The van der Waals surface area contributed by atoms with E-state index in [2.05, 4.69) is 143 Å². The summed E-state index contributed by atoms with van der Waals surface area (Å²) in [5.41, 5.74) is 17.1. The Morgan fingerprint density at radius 3 is 1.23 bits per heavy atom. The highest BCUT2D eigenvalue weighted by atomic mass is 16.6. The van der Waals surface area contributed by atoms with E-state index in [1.807, 2.05) is 116 Å². The highest BCUT2D eigenvalue weighted by Gasteiger charge is 2.33. The van der Waals surface area contributed by atoms with Crippen molar-refractivity contribution in [3.05, 3.63) is 249 Å². The molecule has 4 aromatic heterocycles. The van der Waals surface area contributed by atoms with Gasteiger partial charge in [-0.1, -0.05) is 140 Å². The number of furan rings is 1. The van der Waals surface area contributed by atoms with Gasteiger partial charge in [0.15, 0.2) is 41.2 Å². The van der Waals surface area contributed by atoms with E-state index < -0.39 is 0 Å². The second kappa shape index (κ2) is 18.5. The van der Waals surface area contributed by atoms with Crippen LogP contribution in [0.25, 0.3) is 123 Å². The molecule has 354 valence electrons. The fourth-order valence-electron chi connectivity index (χ4n) is 10.2. The molecule has 12 aromatic rings. The minimum atomic E-state index is -0.264. The molecule has 0 saturated carbocycles. The molecule has 8 heteroatoms. The van der Waals surface area contributed by atoms with E-state index in [0.717, 1.165) is 105 Å². The smallest absolute Gasteiger partial charge is 0.170 e. The lowest BCUT2D eigenvalue weighted by atomic mass is 9.92. The van der Waals surface area contributed by atoms with Crippen molar-refractivity contribution in [2.75, 3.05) is 0 Å². The van der Waals surface area contributed by atoms with Crippen molar-refractivity contribution in [2.24, 2.45) is 0 Å². The van der Waals surface area contributed by atoms with Gasteiger partial charge in [0.1, 0.15) is 11.2 Å². The number of benzene rings is 8. The van der Waals surface area contributed by atoms with Crippen molar-refractivity contribution >= 4 is 21.9 Å². The predicted octanol–water partition coefficient (Wildman–Crippen LogP) is 16.2. The van der Waals surface area contributed by atoms with E-state index >= 15 is 0 Å². The van der Waals surface area contributed by atoms with E-state index in [1.165, 1.54) is 0 Å². The highest BCUT2D eigenvalue weighted by Crippen LogP contribution is 2.49. The quantitative estimate of drug-likeness (QED) is 0.141. The first-order chi connectivity index (χ1) is 37.1. The molecule has 0 fully saturated rings. The molecule has 2 aliphatic rings. The minimum Gasteiger partial charge on any atom is -0.478 e. The molecule has 0 N–H and O–H groups in total. The molecule has 1 aliphatic heterocycles. The molecular weight excluding hydrogens is 923 g/mol. The van der Waals surface area contributed by atoms with Crippen LogP contribution in [0.3, 0.4) is 0 Å². The molecule has 1 aliphatic carbocycles. The lowest BCUT2D eigenvalue weighted by molar-refractivity contribution is 0.0769. The second-order valence-electron chi connectivity index (χ2n) is 18.7. The SMILES string of the molecule is C1=CC2Oc3c(-c4ccc(-c5ccc(-c6cc(-c7ccncc7)cc(-c7ccncc7)c6)cc5)cc4)ccc(-c4ccc(-c5nc(-c6ccccc6)nc(-c6ccc7c(c6)oc6ccccc67)n5)cc4)c3OC2C=C1. The Balaban J connectivity index is 0.775. The van der Waals surface area contributed by atoms with Crippen LogP contribution in [-0.4, -0.2) is 37.1 Å². The summed E-state index contributed by atoms with van der Waals surface area (Å²) in [4.78, 5) is 23.6. The number of aromatic nitrogens is 5. The Labute approximate surface area is 432 Å². The van der Waals surface area contributed by atoms with Crippen LogP contribution in [0.1, 0.15) is 0 Å². The first-order valence-corrected chi connectivity index (χ1v) is 25.0. The summed E-state index contributed by atoms with van der Waals surface area (Å²) >= 11 is 0. The molecule has 0 bridgehead atoms. The zero-order valence-electron chi connectivity index (χ0n) is 40.3. The van der Waals surface area contributed by atoms with Crippen molar-refractivity contribution in [1.82, 2.24) is 24.9 Å². The number of nitrogens with zero attached hydrogens (tertiary/aromatic N) is 5. The maximum absolute atomic E-state index is 6.87. The highest BCUT2D eigenvalue weighted by molar-refractivity contribution is 6.05. The van der Waals surface area contributed by atoms with Gasteiger partial charge < -0.3 is 13.9 Å². The van der Waals surface area contributed by atoms with Crippen molar-refractivity contribution in [1.29, 1.82) is 0 Å². The van der Waals surface area contributed by atoms with Crippen LogP contribution in [-0.2, 0) is 0 Å². The molecule has 2 unspecified atom stereocenters. The van der Waals surface area contributed by atoms with Gasteiger partial charge in [-0.15, -0.1) is 0 Å². The predicted molar refractivity (Wildman–Crippen MR) is 299 cm³/mol. The molecule has 0 radical (unpaired) electrons. The van der Waals surface area contributed by atoms with Gasteiger partial charge in [-0.2, -0.15) is 0 Å². The van der Waals surface area contributed by atoms with E-state index in [0.29, 0.717) is 29.0 Å². The lowest BCUT2D eigenvalue weighted by Crippen LogP contribution is -2.38. The van der Waals surface area contributed by atoms with Gasteiger partial charge in [-0.3, -0.25) is 9.97 Å². The molecular formula is C67H43N5O3. The number of pyridine rings is 2. The minimum absolute atomic E-state index is 0.257. The molecule has 8 aromatic carbocycles.